The molecule has 2 N–H and O–H groups in total. The summed E-state index contributed by atoms with van der Waals surface area (Å²) in [6.07, 6.45) is 2.74. The van der Waals surface area contributed by atoms with E-state index in [1.165, 1.54) is 10.9 Å². The number of aromatic nitrogens is 1. The number of guanidine groups is 1. The molecule has 26 heavy (non-hydrogen) atoms. The molecule has 0 radical (unpaired) electrons. The summed E-state index contributed by atoms with van der Waals surface area (Å²) < 4.78 is 19.1. The second-order valence-electron chi connectivity index (χ2n) is 5.43. The number of aryl methyl sites for hydroxylation is 1. The average Bonchev–Trinajstić information content (AvgIpc) is 3.00. The molecule has 0 amide bonds. The molecule has 144 valence electrons. The summed E-state index contributed by atoms with van der Waals surface area (Å²) in [6, 6.07) is 4.95. The van der Waals surface area contributed by atoms with E-state index in [-0.39, 0.29) is 35.5 Å². The first-order chi connectivity index (χ1) is 12.1. The number of hydrogen-bond donors (Lipinski definition) is 2. The highest BCUT2D eigenvalue weighted by atomic mass is 127. The number of rotatable bonds is 8. The van der Waals surface area contributed by atoms with Gasteiger partial charge >= 0.3 is 0 Å². The normalized spacial score (nSPS) is 11.0. The molecule has 0 aliphatic rings. The molecule has 0 spiro atoms. The lowest BCUT2D eigenvalue weighted by Gasteiger charge is -2.11. The van der Waals surface area contributed by atoms with E-state index >= 15 is 0 Å². The molecule has 0 saturated carbocycles. The fraction of sp³-hybridized carbons (Fsp3) is 0.444. The third kappa shape index (κ3) is 7.45. The molecular weight excluding hydrogens is 466 g/mol. The minimum absolute atomic E-state index is 0. The van der Waals surface area contributed by atoms with Gasteiger partial charge in [0.15, 0.2) is 17.5 Å². The number of ether oxygens (including phenoxy) is 1. The highest BCUT2D eigenvalue weighted by molar-refractivity contribution is 14.0. The molecule has 2 rings (SSSR count). The number of nitrogens with zero attached hydrogens (tertiary/aromatic N) is 2. The van der Waals surface area contributed by atoms with Crippen LogP contribution < -0.4 is 15.4 Å². The first-order valence-corrected chi connectivity index (χ1v) is 9.28. The van der Waals surface area contributed by atoms with E-state index in [0.29, 0.717) is 19.1 Å². The average molecular weight is 492 g/mol. The van der Waals surface area contributed by atoms with Gasteiger partial charge in [0.25, 0.3) is 0 Å². The summed E-state index contributed by atoms with van der Waals surface area (Å²) in [6.45, 7) is 8.25. The first kappa shape index (κ1) is 22.6. The number of nitrogens with one attached hydrogen (secondary N) is 2. The summed E-state index contributed by atoms with van der Waals surface area (Å²) in [7, 11) is 0. The second-order valence-corrected chi connectivity index (χ2v) is 6.75. The van der Waals surface area contributed by atoms with Gasteiger partial charge in [0.1, 0.15) is 0 Å². The Morgan fingerprint density at radius 1 is 1.31 bits per heavy atom. The summed E-state index contributed by atoms with van der Waals surface area (Å²) in [4.78, 5) is 10.1. The van der Waals surface area contributed by atoms with Crippen molar-refractivity contribution in [2.75, 3.05) is 19.7 Å². The van der Waals surface area contributed by atoms with E-state index in [1.807, 2.05) is 26.1 Å². The van der Waals surface area contributed by atoms with Crippen LogP contribution in [-0.2, 0) is 13.0 Å². The maximum atomic E-state index is 13.9. The molecule has 0 aliphatic carbocycles. The molecule has 8 heteroatoms. The van der Waals surface area contributed by atoms with Crippen molar-refractivity contribution >= 4 is 41.3 Å². The Kier molecular flexibility index (Phi) is 10.5. The Hall–Kier alpha value is -1.42. The van der Waals surface area contributed by atoms with Gasteiger partial charge in [-0.25, -0.2) is 14.4 Å². The Morgan fingerprint density at radius 3 is 2.73 bits per heavy atom. The number of thiazole rings is 1. The lowest BCUT2D eigenvalue weighted by Crippen LogP contribution is -2.38. The first-order valence-electron chi connectivity index (χ1n) is 8.47. The molecule has 0 unspecified atom stereocenters. The lowest BCUT2D eigenvalue weighted by molar-refractivity contribution is 0.321. The van der Waals surface area contributed by atoms with Gasteiger partial charge in [0, 0.05) is 30.6 Å². The fourth-order valence-corrected chi connectivity index (χ4v) is 3.02. The van der Waals surface area contributed by atoms with Crippen LogP contribution in [-0.4, -0.2) is 30.6 Å². The largest absolute Gasteiger partial charge is 0.491 e. The molecule has 0 saturated heterocycles. The van der Waals surface area contributed by atoms with E-state index in [2.05, 4.69) is 27.5 Å². The van der Waals surface area contributed by atoms with Gasteiger partial charge in [-0.05, 0) is 38.5 Å². The van der Waals surface area contributed by atoms with E-state index in [9.17, 15) is 4.39 Å². The second kappa shape index (κ2) is 12.1. The zero-order chi connectivity index (χ0) is 18.1. The SMILES string of the molecule is CCNC(=NCc1ccc(OCC)c(F)c1)NCCc1ncc(C)s1.I. The Morgan fingerprint density at radius 2 is 2.12 bits per heavy atom. The van der Waals surface area contributed by atoms with Gasteiger partial charge in [-0.3, -0.25) is 0 Å². The molecule has 1 aromatic heterocycles. The van der Waals surface area contributed by atoms with Crippen LogP contribution in [0.1, 0.15) is 29.3 Å². The van der Waals surface area contributed by atoms with E-state index in [4.69, 9.17) is 4.74 Å². The van der Waals surface area contributed by atoms with Gasteiger partial charge in [0.05, 0.1) is 18.2 Å². The van der Waals surface area contributed by atoms with Gasteiger partial charge in [0.2, 0.25) is 0 Å². The third-order valence-corrected chi connectivity index (χ3v) is 4.33. The van der Waals surface area contributed by atoms with Gasteiger partial charge in [-0.15, -0.1) is 35.3 Å². The van der Waals surface area contributed by atoms with E-state index in [1.54, 1.807) is 17.4 Å². The standard InChI is InChI=1S/C18H25FN4OS.HI/c1-4-20-18(21-9-8-17-22-11-13(3)25-17)23-12-14-6-7-16(24-5-2)15(19)10-14;/h6-7,10-11H,4-5,8-9,12H2,1-3H3,(H2,20,21,23);1H. The molecule has 0 bridgehead atoms. The molecular formula is C18H26FIN4OS. The van der Waals surface area contributed by atoms with Crippen molar-refractivity contribution in [1.82, 2.24) is 15.6 Å². The maximum Gasteiger partial charge on any atom is 0.191 e. The third-order valence-electron chi connectivity index (χ3n) is 3.36. The van der Waals surface area contributed by atoms with Crippen LogP contribution in [0.5, 0.6) is 5.75 Å². The van der Waals surface area contributed by atoms with Crippen LogP contribution >= 0.6 is 35.3 Å². The fourth-order valence-electron chi connectivity index (χ4n) is 2.23. The molecule has 5 nitrogen and oxygen atoms in total. The maximum absolute atomic E-state index is 13.9. The number of benzene rings is 1. The quantitative estimate of drug-likeness (QED) is 0.334. The number of aliphatic imine (C=N–C) groups is 1. The van der Waals surface area contributed by atoms with Gasteiger partial charge < -0.3 is 15.4 Å². The minimum atomic E-state index is -0.355. The Labute approximate surface area is 175 Å². The molecule has 0 fully saturated rings. The van der Waals surface area contributed by atoms with Crippen molar-refractivity contribution in [3.8, 4) is 5.75 Å². The van der Waals surface area contributed by atoms with Crippen molar-refractivity contribution < 1.29 is 9.13 Å². The number of halogens is 2. The summed E-state index contributed by atoms with van der Waals surface area (Å²) in [5.74, 6) is 0.635. The summed E-state index contributed by atoms with van der Waals surface area (Å²) in [5.41, 5.74) is 0.800. The topological polar surface area (TPSA) is 58.5 Å². The van der Waals surface area contributed by atoms with Crippen molar-refractivity contribution in [2.24, 2.45) is 4.99 Å². The predicted octanol–water partition coefficient (Wildman–Crippen LogP) is 3.91. The minimum Gasteiger partial charge on any atom is -0.491 e. The summed E-state index contributed by atoms with van der Waals surface area (Å²) >= 11 is 1.70. The zero-order valence-corrected chi connectivity index (χ0v) is 18.5. The predicted molar refractivity (Wildman–Crippen MR) is 116 cm³/mol. The molecule has 1 heterocycles. The van der Waals surface area contributed by atoms with E-state index in [0.717, 1.165) is 30.1 Å². The lowest BCUT2D eigenvalue weighted by atomic mass is 10.2. The summed E-state index contributed by atoms with van der Waals surface area (Å²) in [5, 5.41) is 7.58. The van der Waals surface area contributed by atoms with Crippen molar-refractivity contribution in [1.29, 1.82) is 0 Å². The van der Waals surface area contributed by atoms with Crippen LogP contribution in [0.25, 0.3) is 0 Å². The van der Waals surface area contributed by atoms with Crippen LogP contribution in [0.2, 0.25) is 0 Å². The smallest absolute Gasteiger partial charge is 0.191 e. The van der Waals surface area contributed by atoms with Crippen LogP contribution in [0.4, 0.5) is 4.39 Å². The molecule has 0 atom stereocenters. The Balaban J connectivity index is 0.00000338. The Bertz CT molecular complexity index is 708. The van der Waals surface area contributed by atoms with Crippen LogP contribution in [0.15, 0.2) is 29.4 Å². The van der Waals surface area contributed by atoms with Gasteiger partial charge in [-0.2, -0.15) is 0 Å². The van der Waals surface area contributed by atoms with Crippen molar-refractivity contribution in [3.05, 3.63) is 45.7 Å². The zero-order valence-electron chi connectivity index (χ0n) is 15.3. The monoisotopic (exact) mass is 492 g/mol. The highest BCUT2D eigenvalue weighted by Gasteiger charge is 2.05. The van der Waals surface area contributed by atoms with Crippen LogP contribution in [0.3, 0.4) is 0 Å². The van der Waals surface area contributed by atoms with E-state index < -0.39 is 0 Å². The molecule has 0 aliphatic heterocycles. The highest BCUT2D eigenvalue weighted by Crippen LogP contribution is 2.18. The number of hydrogen-bond acceptors (Lipinski definition) is 4. The van der Waals surface area contributed by atoms with Gasteiger partial charge in [-0.1, -0.05) is 6.07 Å². The molecule has 2 aromatic rings. The van der Waals surface area contributed by atoms with Crippen molar-refractivity contribution in [3.63, 3.8) is 0 Å². The van der Waals surface area contributed by atoms with Crippen LogP contribution in [0, 0.1) is 12.7 Å². The van der Waals surface area contributed by atoms with Crippen molar-refractivity contribution in [2.45, 2.75) is 33.7 Å². The molecule has 1 aromatic carbocycles.